The van der Waals surface area contributed by atoms with Crippen molar-refractivity contribution >= 4 is 21.6 Å². The zero-order valence-corrected chi connectivity index (χ0v) is 18.0. The maximum atomic E-state index is 13.8. The number of halogens is 1. The van der Waals surface area contributed by atoms with Crippen molar-refractivity contribution in [1.29, 1.82) is 0 Å². The molecule has 0 aliphatic carbocycles. The fourth-order valence-corrected chi connectivity index (χ4v) is 5.23. The van der Waals surface area contributed by atoms with Gasteiger partial charge in [-0.2, -0.15) is 4.31 Å². The molecule has 166 valence electrons. The van der Waals surface area contributed by atoms with Crippen LogP contribution in [-0.2, 0) is 14.8 Å². The highest BCUT2D eigenvalue weighted by molar-refractivity contribution is 7.89. The van der Waals surface area contributed by atoms with Crippen LogP contribution in [-0.4, -0.2) is 64.1 Å². The number of piperazine rings is 1. The number of nitrogens with zero attached hydrogens (tertiary/aromatic N) is 1. The summed E-state index contributed by atoms with van der Waals surface area (Å²) >= 11 is 0. The molecule has 2 heterocycles. The van der Waals surface area contributed by atoms with Gasteiger partial charge < -0.3 is 19.7 Å². The number of rotatable bonds is 5. The fourth-order valence-electron chi connectivity index (χ4n) is 3.77. The first kappa shape index (κ1) is 21.5. The summed E-state index contributed by atoms with van der Waals surface area (Å²) in [6, 6.07) is 10.2. The molecule has 2 N–H and O–H groups in total. The second-order valence-corrected chi connectivity index (χ2v) is 9.50. The van der Waals surface area contributed by atoms with E-state index in [1.807, 2.05) is 0 Å². The van der Waals surface area contributed by atoms with Crippen LogP contribution in [0.25, 0.3) is 0 Å². The molecule has 0 aromatic heterocycles. The highest BCUT2D eigenvalue weighted by Crippen LogP contribution is 2.33. The van der Waals surface area contributed by atoms with E-state index in [1.54, 1.807) is 25.1 Å². The second-order valence-electron chi connectivity index (χ2n) is 7.56. The Morgan fingerprint density at radius 3 is 2.48 bits per heavy atom. The Labute approximate surface area is 180 Å². The van der Waals surface area contributed by atoms with Gasteiger partial charge in [0, 0.05) is 6.07 Å². The molecule has 1 atom stereocenters. The monoisotopic (exact) mass is 450 g/mol. The summed E-state index contributed by atoms with van der Waals surface area (Å²) in [5.74, 6) is 0.167. The summed E-state index contributed by atoms with van der Waals surface area (Å²) in [4.78, 5) is 13.6. The number of hydrogen-bond donors (Lipinski definition) is 2. The number of anilines is 1. The predicted octanol–water partition coefficient (Wildman–Crippen LogP) is 0.513. The van der Waals surface area contributed by atoms with E-state index in [-0.39, 0.29) is 29.6 Å². The lowest BCUT2D eigenvalue weighted by Gasteiger charge is -2.34. The number of fused-ring (bicyclic) bond motifs is 1. The van der Waals surface area contributed by atoms with Crippen molar-refractivity contribution in [3.63, 3.8) is 0 Å². The molecular weight excluding hydrogens is 425 g/mol. The molecule has 0 bridgehead atoms. The summed E-state index contributed by atoms with van der Waals surface area (Å²) in [6.45, 7) is 4.08. The molecule has 8 nitrogen and oxygen atoms in total. The molecule has 1 amide bonds. The molecule has 10 heteroatoms. The Morgan fingerprint density at radius 2 is 1.77 bits per heavy atom. The number of quaternary nitrogens is 1. The van der Waals surface area contributed by atoms with Crippen molar-refractivity contribution in [1.82, 2.24) is 4.31 Å². The van der Waals surface area contributed by atoms with Crippen LogP contribution in [0.5, 0.6) is 11.5 Å². The number of carbonyl (C=O) groups excluding carboxylic acids is 1. The van der Waals surface area contributed by atoms with Gasteiger partial charge in [0.15, 0.2) is 17.5 Å². The Balaban J connectivity index is 1.38. The molecule has 4 rings (SSSR count). The molecule has 2 aliphatic rings. The minimum atomic E-state index is -3.68. The number of nitrogens with one attached hydrogen (secondary N) is 2. The molecule has 2 aromatic carbocycles. The first-order valence-electron chi connectivity index (χ1n) is 10.2. The first-order valence-corrected chi connectivity index (χ1v) is 11.6. The predicted molar refractivity (Wildman–Crippen MR) is 111 cm³/mol. The van der Waals surface area contributed by atoms with Gasteiger partial charge in [0.2, 0.25) is 10.0 Å². The zero-order valence-electron chi connectivity index (χ0n) is 17.1. The van der Waals surface area contributed by atoms with Crippen LogP contribution in [0.1, 0.15) is 6.92 Å². The van der Waals surface area contributed by atoms with Crippen molar-refractivity contribution in [2.45, 2.75) is 17.9 Å². The lowest BCUT2D eigenvalue weighted by atomic mass is 10.2. The summed E-state index contributed by atoms with van der Waals surface area (Å²) < 4.78 is 52.3. The van der Waals surface area contributed by atoms with Gasteiger partial charge in [0.1, 0.15) is 19.0 Å². The molecule has 0 unspecified atom stereocenters. The largest absolute Gasteiger partial charge is 0.486 e. The van der Waals surface area contributed by atoms with Gasteiger partial charge in [-0.1, -0.05) is 12.1 Å². The fraction of sp³-hybridized carbons (Fsp3) is 0.381. The number of amides is 1. The van der Waals surface area contributed by atoms with Gasteiger partial charge in [-0.05, 0) is 31.2 Å². The number of benzene rings is 2. The van der Waals surface area contributed by atoms with E-state index in [0.717, 1.165) is 4.90 Å². The average molecular weight is 451 g/mol. The molecular formula is C21H25FN3O5S+. The number of ether oxygens (including phenoxy) is 2. The van der Waals surface area contributed by atoms with Gasteiger partial charge in [0.05, 0.1) is 36.8 Å². The Bertz CT molecular complexity index is 1070. The highest BCUT2D eigenvalue weighted by atomic mass is 32.2. The van der Waals surface area contributed by atoms with E-state index in [4.69, 9.17) is 9.47 Å². The first-order chi connectivity index (χ1) is 14.9. The van der Waals surface area contributed by atoms with E-state index in [0.29, 0.717) is 37.8 Å². The van der Waals surface area contributed by atoms with Gasteiger partial charge in [-0.3, -0.25) is 4.79 Å². The van der Waals surface area contributed by atoms with Crippen molar-refractivity contribution in [2.75, 3.05) is 44.7 Å². The van der Waals surface area contributed by atoms with Crippen LogP contribution in [0.4, 0.5) is 10.1 Å². The third-order valence-electron chi connectivity index (χ3n) is 5.65. The quantitative estimate of drug-likeness (QED) is 0.693. The number of carbonyl (C=O) groups is 1. The van der Waals surface area contributed by atoms with E-state index in [2.05, 4.69) is 5.32 Å². The summed E-state index contributed by atoms with van der Waals surface area (Å²) in [6.07, 6.45) is 0. The summed E-state index contributed by atoms with van der Waals surface area (Å²) in [5, 5.41) is 2.61. The maximum absolute atomic E-state index is 13.8. The van der Waals surface area contributed by atoms with E-state index >= 15 is 0 Å². The molecule has 2 aliphatic heterocycles. The number of para-hydroxylation sites is 1. The van der Waals surface area contributed by atoms with Crippen LogP contribution in [0.2, 0.25) is 0 Å². The van der Waals surface area contributed by atoms with Crippen LogP contribution >= 0.6 is 0 Å². The van der Waals surface area contributed by atoms with Crippen LogP contribution in [0.3, 0.4) is 0 Å². The van der Waals surface area contributed by atoms with Crippen LogP contribution < -0.4 is 19.7 Å². The van der Waals surface area contributed by atoms with Crippen LogP contribution in [0, 0.1) is 5.82 Å². The van der Waals surface area contributed by atoms with E-state index < -0.39 is 21.9 Å². The molecule has 0 radical (unpaired) electrons. The SMILES string of the molecule is C[C@H](C(=O)Nc1ccccc1F)[NH+]1CCN(S(=O)(=O)c2ccc3c(c2)OCCO3)CC1. The van der Waals surface area contributed by atoms with Crippen LogP contribution in [0.15, 0.2) is 47.4 Å². The molecule has 0 saturated carbocycles. The van der Waals surface area contributed by atoms with Crippen molar-refractivity contribution in [3.8, 4) is 11.5 Å². The topological polar surface area (TPSA) is 89.4 Å². The number of sulfonamides is 1. The second kappa shape index (κ2) is 8.81. The third kappa shape index (κ3) is 4.51. The van der Waals surface area contributed by atoms with Crippen molar-refractivity contribution in [2.24, 2.45) is 0 Å². The lowest BCUT2D eigenvalue weighted by molar-refractivity contribution is -0.917. The minimum absolute atomic E-state index is 0.138. The zero-order chi connectivity index (χ0) is 22.0. The molecule has 1 saturated heterocycles. The van der Waals surface area contributed by atoms with Crippen molar-refractivity contribution in [3.05, 3.63) is 48.3 Å². The Hall–Kier alpha value is -2.69. The average Bonchev–Trinajstić information content (AvgIpc) is 2.79. The molecule has 31 heavy (non-hydrogen) atoms. The van der Waals surface area contributed by atoms with Gasteiger partial charge in [-0.25, -0.2) is 12.8 Å². The third-order valence-corrected chi connectivity index (χ3v) is 7.55. The van der Waals surface area contributed by atoms with Gasteiger partial charge in [0.25, 0.3) is 5.91 Å². The molecule has 2 aromatic rings. The number of hydrogen-bond acceptors (Lipinski definition) is 5. The van der Waals surface area contributed by atoms with Gasteiger partial charge >= 0.3 is 0 Å². The molecule has 1 fully saturated rings. The van der Waals surface area contributed by atoms with Gasteiger partial charge in [-0.15, -0.1) is 0 Å². The molecule has 0 spiro atoms. The van der Waals surface area contributed by atoms with E-state index in [1.165, 1.54) is 28.6 Å². The summed E-state index contributed by atoms with van der Waals surface area (Å²) in [5.41, 5.74) is 0.138. The maximum Gasteiger partial charge on any atom is 0.282 e. The Kier molecular flexibility index (Phi) is 6.12. The normalized spacial score (nSPS) is 18.4. The highest BCUT2D eigenvalue weighted by Gasteiger charge is 2.35. The lowest BCUT2D eigenvalue weighted by Crippen LogP contribution is -3.19. The summed E-state index contributed by atoms with van der Waals surface area (Å²) in [7, 11) is -3.68. The smallest absolute Gasteiger partial charge is 0.282 e. The minimum Gasteiger partial charge on any atom is -0.486 e. The van der Waals surface area contributed by atoms with E-state index in [9.17, 15) is 17.6 Å². The Morgan fingerprint density at radius 1 is 1.10 bits per heavy atom. The standard InChI is InChI=1S/C21H24FN3O5S/c1-15(21(26)23-18-5-3-2-4-17(18)22)24-8-10-25(11-9-24)31(27,28)16-6-7-19-20(14-16)30-13-12-29-19/h2-7,14-15H,8-13H2,1H3,(H,23,26)/p+1/t15-/m1/s1. The van der Waals surface area contributed by atoms with Crippen molar-refractivity contribution < 1.29 is 32.0 Å².